The predicted molar refractivity (Wildman–Crippen MR) is 218 cm³/mol. The zero-order chi connectivity index (χ0) is 34.1. The van der Waals surface area contributed by atoms with Crippen molar-refractivity contribution in [3.05, 3.63) is 204 Å². The highest BCUT2D eigenvalue weighted by Gasteiger charge is 2.21. The second-order valence-corrected chi connectivity index (χ2v) is 13.6. The monoisotopic (exact) mass is 651 g/mol. The molecule has 1 aliphatic rings. The van der Waals surface area contributed by atoms with Crippen LogP contribution in [0.1, 0.15) is 30.0 Å². The van der Waals surface area contributed by atoms with Crippen molar-refractivity contribution < 1.29 is 0 Å². The smallest absolute Gasteiger partial charge is 0.0787 e. The van der Waals surface area contributed by atoms with Crippen molar-refractivity contribution in [1.29, 1.82) is 0 Å². The summed E-state index contributed by atoms with van der Waals surface area (Å²) in [6.45, 7) is 2.28. The molecule has 0 N–H and O–H groups in total. The molecule has 1 heteroatoms. The van der Waals surface area contributed by atoms with E-state index in [1.54, 1.807) is 0 Å². The molecule has 0 saturated heterocycles. The molecule has 8 aromatic carbocycles. The van der Waals surface area contributed by atoms with Gasteiger partial charge in [-0.2, -0.15) is 0 Å². The SMILES string of the molecule is C/C1=C(/c2ccccc2)C(c2ccccc2)=Nc2cccc(-c3cc(-c4ccc5ccccc5c4)cc(-c4ccc5ccccc5c4)c3)c2CC1. The van der Waals surface area contributed by atoms with Crippen molar-refractivity contribution in [3.63, 3.8) is 0 Å². The summed E-state index contributed by atoms with van der Waals surface area (Å²) in [5, 5.41) is 5.00. The minimum absolute atomic E-state index is 0.907. The fraction of sp³-hybridized carbons (Fsp3) is 0.0600. The lowest BCUT2D eigenvalue weighted by molar-refractivity contribution is 0.943. The molecule has 0 atom stereocenters. The molecule has 8 aromatic rings. The van der Waals surface area contributed by atoms with Crippen molar-refractivity contribution >= 4 is 38.5 Å². The van der Waals surface area contributed by atoms with E-state index in [0.29, 0.717) is 0 Å². The van der Waals surface area contributed by atoms with Crippen LogP contribution in [-0.4, -0.2) is 5.71 Å². The summed E-state index contributed by atoms with van der Waals surface area (Å²) in [4.78, 5) is 5.55. The van der Waals surface area contributed by atoms with E-state index >= 15 is 0 Å². The van der Waals surface area contributed by atoms with E-state index in [1.807, 2.05) is 0 Å². The van der Waals surface area contributed by atoms with Crippen molar-refractivity contribution in [3.8, 4) is 33.4 Å². The minimum Gasteiger partial charge on any atom is -0.247 e. The third-order valence-electron chi connectivity index (χ3n) is 10.3. The number of allylic oxidation sites excluding steroid dienone is 2. The van der Waals surface area contributed by atoms with Crippen LogP contribution in [0.3, 0.4) is 0 Å². The van der Waals surface area contributed by atoms with E-state index in [-0.39, 0.29) is 0 Å². The molecule has 0 unspecified atom stereocenters. The highest BCUT2D eigenvalue weighted by atomic mass is 14.8. The van der Waals surface area contributed by atoms with Crippen LogP contribution >= 0.6 is 0 Å². The van der Waals surface area contributed by atoms with Gasteiger partial charge < -0.3 is 0 Å². The Bertz CT molecular complexity index is 2530. The average Bonchev–Trinajstić information content (AvgIpc) is 3.19. The minimum atomic E-state index is 0.907. The van der Waals surface area contributed by atoms with Gasteiger partial charge in [0.2, 0.25) is 0 Å². The number of aliphatic imine (C=N–C) groups is 1. The van der Waals surface area contributed by atoms with Crippen LogP contribution in [-0.2, 0) is 6.42 Å². The van der Waals surface area contributed by atoms with Crippen LogP contribution < -0.4 is 0 Å². The highest BCUT2D eigenvalue weighted by molar-refractivity contribution is 6.33. The summed E-state index contributed by atoms with van der Waals surface area (Å²) < 4.78 is 0. The number of nitrogens with zero attached hydrogens (tertiary/aromatic N) is 1. The average molecular weight is 652 g/mol. The second kappa shape index (κ2) is 13.2. The van der Waals surface area contributed by atoms with Crippen LogP contribution in [0.5, 0.6) is 0 Å². The van der Waals surface area contributed by atoms with Crippen molar-refractivity contribution in [2.75, 3.05) is 0 Å². The molecule has 0 radical (unpaired) electrons. The van der Waals surface area contributed by atoms with Gasteiger partial charge in [0.05, 0.1) is 11.4 Å². The van der Waals surface area contributed by atoms with Gasteiger partial charge >= 0.3 is 0 Å². The molecule has 51 heavy (non-hydrogen) atoms. The molecule has 0 aromatic heterocycles. The lowest BCUT2D eigenvalue weighted by Gasteiger charge is -2.22. The van der Waals surface area contributed by atoms with Gasteiger partial charge in [-0.05, 0) is 122 Å². The lowest BCUT2D eigenvalue weighted by atomic mass is 9.85. The molecule has 0 aliphatic carbocycles. The Morgan fingerprint density at radius 1 is 0.373 bits per heavy atom. The molecule has 9 rings (SSSR count). The first-order valence-electron chi connectivity index (χ1n) is 17.8. The van der Waals surface area contributed by atoms with E-state index in [9.17, 15) is 0 Å². The third kappa shape index (κ3) is 5.98. The van der Waals surface area contributed by atoms with Crippen molar-refractivity contribution in [1.82, 2.24) is 0 Å². The summed E-state index contributed by atoms with van der Waals surface area (Å²) in [7, 11) is 0. The fourth-order valence-electron chi connectivity index (χ4n) is 7.68. The molecule has 1 heterocycles. The fourth-order valence-corrected chi connectivity index (χ4v) is 7.68. The molecule has 0 fully saturated rings. The van der Waals surface area contributed by atoms with Gasteiger partial charge in [-0.25, -0.2) is 4.99 Å². The van der Waals surface area contributed by atoms with E-state index in [0.717, 1.165) is 29.8 Å². The van der Waals surface area contributed by atoms with Gasteiger partial charge in [-0.1, -0.05) is 151 Å². The first-order valence-corrected chi connectivity index (χ1v) is 17.8. The zero-order valence-corrected chi connectivity index (χ0v) is 28.7. The highest BCUT2D eigenvalue weighted by Crippen LogP contribution is 2.41. The first kappa shape index (κ1) is 30.7. The maximum Gasteiger partial charge on any atom is 0.0787 e. The number of hydrogen-bond donors (Lipinski definition) is 0. The van der Waals surface area contributed by atoms with Crippen LogP contribution in [0, 0.1) is 0 Å². The molecule has 242 valence electrons. The standard InChI is InChI=1S/C50H37N/c1-34-23-28-47-46(21-12-22-48(47)51-50(38-17-6-3-7-18-38)49(34)37-15-4-2-5-16-37)45-32-43(41-26-24-35-13-8-10-19-39(35)29-41)31-44(33-45)42-27-25-36-14-9-11-20-40(36)30-42/h2-22,24-27,29-33H,23,28H2,1H3/b49-34+,51-50?. The number of fused-ring (bicyclic) bond motifs is 3. The number of benzene rings is 8. The lowest BCUT2D eigenvalue weighted by Crippen LogP contribution is -2.10. The van der Waals surface area contributed by atoms with E-state index < -0.39 is 0 Å². The summed E-state index contributed by atoms with van der Waals surface area (Å²) in [6, 6.07) is 66.1. The Labute approximate surface area is 299 Å². The van der Waals surface area contributed by atoms with Crippen LogP contribution in [0.4, 0.5) is 5.69 Å². The van der Waals surface area contributed by atoms with Gasteiger partial charge in [0.15, 0.2) is 0 Å². The Morgan fingerprint density at radius 3 is 1.51 bits per heavy atom. The normalized spacial score (nSPS) is 14.5. The number of hydrogen-bond acceptors (Lipinski definition) is 1. The molecular weight excluding hydrogens is 615 g/mol. The van der Waals surface area contributed by atoms with Gasteiger partial charge in [0, 0.05) is 11.1 Å². The molecule has 0 bridgehead atoms. The largest absolute Gasteiger partial charge is 0.247 e. The van der Waals surface area contributed by atoms with E-state index in [1.165, 1.54) is 77.2 Å². The van der Waals surface area contributed by atoms with Gasteiger partial charge in [-0.3, -0.25) is 0 Å². The quantitative estimate of drug-likeness (QED) is 0.176. The van der Waals surface area contributed by atoms with Gasteiger partial charge in [0.25, 0.3) is 0 Å². The Kier molecular flexibility index (Phi) is 7.95. The molecule has 0 saturated carbocycles. The Morgan fingerprint density at radius 2 is 0.902 bits per heavy atom. The van der Waals surface area contributed by atoms with Crippen molar-refractivity contribution in [2.45, 2.75) is 19.8 Å². The molecule has 1 aliphatic heterocycles. The van der Waals surface area contributed by atoms with Crippen molar-refractivity contribution in [2.24, 2.45) is 4.99 Å². The maximum atomic E-state index is 5.55. The zero-order valence-electron chi connectivity index (χ0n) is 28.7. The van der Waals surface area contributed by atoms with E-state index in [2.05, 4.69) is 189 Å². The summed E-state index contributed by atoms with van der Waals surface area (Å²) in [5.41, 5.74) is 15.6. The second-order valence-electron chi connectivity index (χ2n) is 13.6. The van der Waals surface area contributed by atoms with E-state index in [4.69, 9.17) is 4.99 Å². The Balaban J connectivity index is 1.25. The van der Waals surface area contributed by atoms with Gasteiger partial charge in [0.1, 0.15) is 0 Å². The first-order chi connectivity index (χ1) is 25.2. The molecule has 0 spiro atoms. The summed E-state index contributed by atoms with van der Waals surface area (Å²) in [5.74, 6) is 0. The summed E-state index contributed by atoms with van der Waals surface area (Å²) in [6.07, 6.45) is 1.85. The Hall–Kier alpha value is -6.31. The maximum absolute atomic E-state index is 5.55. The topological polar surface area (TPSA) is 12.4 Å². The van der Waals surface area contributed by atoms with Crippen LogP contribution in [0.15, 0.2) is 193 Å². The van der Waals surface area contributed by atoms with Crippen LogP contribution in [0.25, 0.3) is 60.5 Å². The molecule has 1 nitrogen and oxygen atoms in total. The molecular formula is C50H37N. The van der Waals surface area contributed by atoms with Crippen LogP contribution in [0.2, 0.25) is 0 Å². The van der Waals surface area contributed by atoms with Gasteiger partial charge in [-0.15, -0.1) is 0 Å². The predicted octanol–water partition coefficient (Wildman–Crippen LogP) is 13.5. The molecule has 0 amide bonds. The third-order valence-corrected chi connectivity index (χ3v) is 10.3. The number of rotatable bonds is 5. The summed E-state index contributed by atoms with van der Waals surface area (Å²) >= 11 is 0.